The molecule has 1 aromatic carbocycles. The lowest BCUT2D eigenvalue weighted by Gasteiger charge is -2.23. The molecule has 0 heterocycles. The van der Waals surface area contributed by atoms with Crippen molar-refractivity contribution in [3.05, 3.63) is 33.3 Å². The number of halogens is 5. The molecule has 0 aliphatic carbocycles. The number of alkyl halides is 3. The molecule has 0 radical (unpaired) electrons. The third-order valence-electron chi connectivity index (χ3n) is 2.32. The van der Waals surface area contributed by atoms with Gasteiger partial charge in [0.1, 0.15) is 6.54 Å². The Labute approximate surface area is 122 Å². The van der Waals surface area contributed by atoms with E-state index in [0.717, 1.165) is 4.90 Å². The summed E-state index contributed by atoms with van der Waals surface area (Å²) in [5, 5.41) is 0.398. The minimum atomic E-state index is -4.41. The van der Waals surface area contributed by atoms with Crippen molar-refractivity contribution in [1.29, 1.82) is 0 Å². The molecule has 0 fully saturated rings. The standard InChI is InChI=1S/C12H12BrClF3NO/c1-2-5-18(7-12(15,16)17)11(19)8-3-4-10(14)9(13)6-8/h3-4,6H,2,5,7H2,1H3. The van der Waals surface area contributed by atoms with Gasteiger partial charge in [0.25, 0.3) is 5.91 Å². The van der Waals surface area contributed by atoms with Crippen LogP contribution in [0.3, 0.4) is 0 Å². The SMILES string of the molecule is CCCN(CC(F)(F)F)C(=O)c1ccc(Cl)c(Br)c1. The first-order valence-electron chi connectivity index (χ1n) is 5.55. The van der Waals surface area contributed by atoms with Gasteiger partial charge in [-0.15, -0.1) is 0 Å². The zero-order valence-corrected chi connectivity index (χ0v) is 12.4. The minimum absolute atomic E-state index is 0.0542. The molecule has 106 valence electrons. The predicted octanol–water partition coefficient (Wildman–Crippen LogP) is 4.52. The first-order chi connectivity index (χ1) is 8.74. The largest absolute Gasteiger partial charge is 0.406 e. The van der Waals surface area contributed by atoms with Crippen LogP contribution in [0.5, 0.6) is 0 Å². The molecule has 0 aliphatic rings. The second-order valence-corrected chi connectivity index (χ2v) is 5.23. The Morgan fingerprint density at radius 3 is 2.53 bits per heavy atom. The molecule has 7 heteroatoms. The van der Waals surface area contributed by atoms with Gasteiger partial charge in [-0.2, -0.15) is 13.2 Å². The summed E-state index contributed by atoms with van der Waals surface area (Å²) in [5.41, 5.74) is 0.175. The average Bonchev–Trinajstić information content (AvgIpc) is 2.29. The van der Waals surface area contributed by atoms with E-state index in [4.69, 9.17) is 11.6 Å². The molecular formula is C12H12BrClF3NO. The van der Waals surface area contributed by atoms with Crippen LogP contribution in [0, 0.1) is 0 Å². The van der Waals surface area contributed by atoms with Crippen molar-refractivity contribution < 1.29 is 18.0 Å². The molecular weight excluding hydrogens is 346 g/mol. The number of carbonyl (C=O) groups is 1. The zero-order chi connectivity index (χ0) is 14.6. The number of amides is 1. The van der Waals surface area contributed by atoms with Crippen molar-refractivity contribution >= 4 is 33.4 Å². The molecule has 0 bridgehead atoms. The van der Waals surface area contributed by atoms with Crippen LogP contribution in [0.4, 0.5) is 13.2 Å². The number of benzene rings is 1. The highest BCUT2D eigenvalue weighted by molar-refractivity contribution is 9.10. The van der Waals surface area contributed by atoms with Gasteiger partial charge in [-0.25, -0.2) is 0 Å². The monoisotopic (exact) mass is 357 g/mol. The summed E-state index contributed by atoms with van der Waals surface area (Å²) in [6, 6.07) is 4.30. The summed E-state index contributed by atoms with van der Waals surface area (Å²) in [6.07, 6.45) is -3.95. The third kappa shape index (κ3) is 5.03. The Kier molecular flexibility index (Phi) is 5.67. The highest BCUT2D eigenvalue weighted by atomic mass is 79.9. The van der Waals surface area contributed by atoms with Crippen molar-refractivity contribution in [2.75, 3.05) is 13.1 Å². The average molecular weight is 359 g/mol. The van der Waals surface area contributed by atoms with Crippen LogP contribution in [0.2, 0.25) is 5.02 Å². The number of carbonyl (C=O) groups excluding carboxylic acids is 1. The molecule has 0 spiro atoms. The summed E-state index contributed by atoms with van der Waals surface area (Å²) in [6.45, 7) is 0.521. The lowest BCUT2D eigenvalue weighted by atomic mass is 10.2. The third-order valence-corrected chi connectivity index (χ3v) is 3.53. The summed E-state index contributed by atoms with van der Waals surface area (Å²) >= 11 is 8.92. The molecule has 0 atom stereocenters. The molecule has 0 aromatic heterocycles. The maximum atomic E-state index is 12.4. The topological polar surface area (TPSA) is 20.3 Å². The Morgan fingerprint density at radius 1 is 1.42 bits per heavy atom. The van der Waals surface area contributed by atoms with Gasteiger partial charge in [0.2, 0.25) is 0 Å². The fourth-order valence-electron chi connectivity index (χ4n) is 1.55. The second-order valence-electron chi connectivity index (χ2n) is 3.97. The van der Waals surface area contributed by atoms with Gasteiger partial charge in [0.15, 0.2) is 0 Å². The van der Waals surface area contributed by atoms with Crippen LogP contribution in [0.15, 0.2) is 22.7 Å². The molecule has 19 heavy (non-hydrogen) atoms. The zero-order valence-electron chi connectivity index (χ0n) is 10.1. The Morgan fingerprint density at radius 2 is 2.05 bits per heavy atom. The van der Waals surface area contributed by atoms with Gasteiger partial charge in [-0.3, -0.25) is 4.79 Å². The van der Waals surface area contributed by atoms with E-state index in [9.17, 15) is 18.0 Å². The molecule has 1 rings (SSSR count). The first-order valence-corrected chi connectivity index (χ1v) is 6.72. The Hall–Kier alpha value is -0.750. The summed E-state index contributed by atoms with van der Waals surface area (Å²) < 4.78 is 37.7. The highest BCUT2D eigenvalue weighted by Gasteiger charge is 2.33. The molecule has 1 amide bonds. The predicted molar refractivity (Wildman–Crippen MR) is 71.4 cm³/mol. The number of rotatable bonds is 4. The van der Waals surface area contributed by atoms with E-state index in [1.54, 1.807) is 6.92 Å². The number of hydrogen-bond acceptors (Lipinski definition) is 1. The van der Waals surface area contributed by atoms with E-state index in [-0.39, 0.29) is 12.1 Å². The molecule has 2 nitrogen and oxygen atoms in total. The van der Waals surface area contributed by atoms with Gasteiger partial charge in [0, 0.05) is 16.6 Å². The van der Waals surface area contributed by atoms with Gasteiger partial charge < -0.3 is 4.90 Å². The summed E-state index contributed by atoms with van der Waals surface area (Å²) in [4.78, 5) is 12.8. The quantitative estimate of drug-likeness (QED) is 0.775. The van der Waals surface area contributed by atoms with E-state index in [0.29, 0.717) is 15.9 Å². The van der Waals surface area contributed by atoms with Gasteiger partial charge >= 0.3 is 6.18 Å². The normalized spacial score (nSPS) is 11.5. The number of nitrogens with zero attached hydrogens (tertiary/aromatic N) is 1. The van der Waals surface area contributed by atoms with E-state index in [1.165, 1.54) is 18.2 Å². The van der Waals surface area contributed by atoms with Gasteiger partial charge in [-0.1, -0.05) is 18.5 Å². The smallest absolute Gasteiger partial charge is 0.330 e. The summed E-state index contributed by atoms with van der Waals surface area (Å²) in [5.74, 6) is -0.656. The molecule has 0 unspecified atom stereocenters. The van der Waals surface area contributed by atoms with Crippen LogP contribution in [0.25, 0.3) is 0 Å². The lowest BCUT2D eigenvalue weighted by Crippen LogP contribution is -2.39. The highest BCUT2D eigenvalue weighted by Crippen LogP contribution is 2.25. The number of hydrogen-bond donors (Lipinski definition) is 0. The van der Waals surface area contributed by atoms with Crippen molar-refractivity contribution in [3.8, 4) is 0 Å². The van der Waals surface area contributed by atoms with Crippen molar-refractivity contribution in [2.24, 2.45) is 0 Å². The fraction of sp³-hybridized carbons (Fsp3) is 0.417. The molecule has 1 aromatic rings. The van der Waals surface area contributed by atoms with Crippen LogP contribution in [-0.2, 0) is 0 Å². The molecule has 0 saturated carbocycles. The minimum Gasteiger partial charge on any atom is -0.330 e. The van der Waals surface area contributed by atoms with Crippen molar-refractivity contribution in [2.45, 2.75) is 19.5 Å². The van der Waals surface area contributed by atoms with Crippen molar-refractivity contribution in [3.63, 3.8) is 0 Å². The fourth-order valence-corrected chi connectivity index (χ4v) is 2.05. The molecule has 0 saturated heterocycles. The maximum absolute atomic E-state index is 12.4. The Balaban J connectivity index is 2.95. The maximum Gasteiger partial charge on any atom is 0.406 e. The van der Waals surface area contributed by atoms with Crippen molar-refractivity contribution in [1.82, 2.24) is 4.90 Å². The Bertz CT molecular complexity index is 465. The van der Waals surface area contributed by atoms with Gasteiger partial charge in [0.05, 0.1) is 5.02 Å². The van der Waals surface area contributed by atoms with Crippen LogP contribution in [-0.4, -0.2) is 30.1 Å². The van der Waals surface area contributed by atoms with Crippen LogP contribution >= 0.6 is 27.5 Å². The van der Waals surface area contributed by atoms with E-state index < -0.39 is 18.6 Å². The van der Waals surface area contributed by atoms with E-state index in [1.807, 2.05) is 0 Å². The van der Waals surface area contributed by atoms with Gasteiger partial charge in [-0.05, 0) is 40.5 Å². The lowest BCUT2D eigenvalue weighted by molar-refractivity contribution is -0.140. The van der Waals surface area contributed by atoms with Crippen LogP contribution < -0.4 is 0 Å². The second kappa shape index (κ2) is 6.61. The first kappa shape index (κ1) is 16.3. The molecule has 0 N–H and O–H groups in total. The molecule has 0 aliphatic heterocycles. The summed E-state index contributed by atoms with van der Waals surface area (Å²) in [7, 11) is 0. The van der Waals surface area contributed by atoms with Crippen LogP contribution in [0.1, 0.15) is 23.7 Å². The van der Waals surface area contributed by atoms with E-state index >= 15 is 0 Å². The van der Waals surface area contributed by atoms with E-state index in [2.05, 4.69) is 15.9 Å².